The van der Waals surface area contributed by atoms with E-state index in [1.165, 1.54) is 64.2 Å². The van der Waals surface area contributed by atoms with Gasteiger partial charge in [0.2, 0.25) is 0 Å². The Morgan fingerprint density at radius 2 is 1.59 bits per heavy atom. The lowest BCUT2D eigenvalue weighted by Gasteiger charge is -2.01. The van der Waals surface area contributed by atoms with Crippen molar-refractivity contribution in [3.8, 4) is 0 Å². The largest absolute Gasteiger partial charge is 0.481 e. The summed E-state index contributed by atoms with van der Waals surface area (Å²) < 4.78 is 0. The van der Waals surface area contributed by atoms with Gasteiger partial charge in [0.25, 0.3) is 0 Å². The highest BCUT2D eigenvalue weighted by atomic mass is 16.4. The zero-order chi connectivity index (χ0) is 16.8. The predicted octanol–water partition coefficient (Wildman–Crippen LogP) is 3.80. The predicted molar refractivity (Wildman–Crippen MR) is 87.8 cm³/mol. The molecule has 130 valence electrons. The minimum absolute atomic E-state index is 0.0231. The van der Waals surface area contributed by atoms with Gasteiger partial charge in [-0.15, -0.1) is 0 Å². The zero-order valence-electron chi connectivity index (χ0n) is 13.9. The van der Waals surface area contributed by atoms with E-state index in [0.29, 0.717) is 0 Å². The molecule has 0 aromatic rings. The molecule has 0 spiro atoms. The number of hydrogen-bond donors (Lipinski definition) is 3. The third-order valence-corrected chi connectivity index (χ3v) is 3.90. The lowest BCUT2D eigenvalue weighted by Crippen LogP contribution is -2.30. The Kier molecular flexibility index (Phi) is 12.9. The van der Waals surface area contributed by atoms with E-state index >= 15 is 0 Å². The average molecular weight is 315 g/mol. The van der Waals surface area contributed by atoms with E-state index in [9.17, 15) is 9.59 Å². The molecule has 22 heavy (non-hydrogen) atoms. The second-order valence-corrected chi connectivity index (χ2v) is 6.23. The number of unbranched alkanes of at least 4 members (excludes halogenated alkanes) is 6. The zero-order valence-corrected chi connectivity index (χ0v) is 13.9. The Balaban J connectivity index is 0.000000409. The van der Waals surface area contributed by atoms with Crippen LogP contribution in [-0.4, -0.2) is 28.2 Å². The molecule has 0 aromatic carbocycles. The third-order valence-electron chi connectivity index (χ3n) is 3.90. The Morgan fingerprint density at radius 3 is 2.05 bits per heavy atom. The molecule has 0 aliphatic heterocycles. The fraction of sp³-hybridized carbons (Fsp3) is 0.882. The van der Waals surface area contributed by atoms with Crippen LogP contribution in [0.15, 0.2) is 0 Å². The Morgan fingerprint density at radius 1 is 1.05 bits per heavy atom. The number of aliphatic carboxylic acids is 2. The number of carbonyl (C=O) groups is 2. The fourth-order valence-electron chi connectivity index (χ4n) is 2.20. The highest BCUT2D eigenvalue weighted by Gasteiger charge is 2.19. The lowest BCUT2D eigenvalue weighted by atomic mass is 10.1. The Bertz CT molecular complexity index is 303. The van der Waals surface area contributed by atoms with Crippen molar-refractivity contribution in [3.63, 3.8) is 0 Å². The molecule has 1 unspecified atom stereocenters. The van der Waals surface area contributed by atoms with Crippen LogP contribution < -0.4 is 5.73 Å². The van der Waals surface area contributed by atoms with Crippen molar-refractivity contribution in [2.75, 3.05) is 0 Å². The molecule has 1 fully saturated rings. The number of nitrogens with two attached hydrogens (primary N) is 1. The van der Waals surface area contributed by atoms with E-state index in [1.807, 2.05) is 0 Å². The van der Waals surface area contributed by atoms with Gasteiger partial charge in [0, 0.05) is 6.42 Å². The molecule has 0 radical (unpaired) electrons. The second kappa shape index (κ2) is 13.6. The summed E-state index contributed by atoms with van der Waals surface area (Å²) >= 11 is 0. The van der Waals surface area contributed by atoms with E-state index in [1.54, 1.807) is 0 Å². The number of carboxylic acid groups (broad SMARTS) is 2. The highest BCUT2D eigenvalue weighted by molar-refractivity contribution is 5.74. The minimum Gasteiger partial charge on any atom is -0.481 e. The molecular weight excluding hydrogens is 282 g/mol. The van der Waals surface area contributed by atoms with E-state index < -0.39 is 18.0 Å². The first-order valence-corrected chi connectivity index (χ1v) is 8.67. The third kappa shape index (κ3) is 15.3. The van der Waals surface area contributed by atoms with Gasteiger partial charge in [0.05, 0.1) is 0 Å². The van der Waals surface area contributed by atoms with E-state index in [2.05, 4.69) is 6.92 Å². The minimum atomic E-state index is -1.17. The first-order valence-electron chi connectivity index (χ1n) is 8.67. The maximum absolute atomic E-state index is 9.99. The van der Waals surface area contributed by atoms with Gasteiger partial charge in [-0.3, -0.25) is 9.59 Å². The topological polar surface area (TPSA) is 101 Å². The molecule has 4 N–H and O–H groups in total. The van der Waals surface area contributed by atoms with E-state index in [-0.39, 0.29) is 12.8 Å². The molecule has 0 bridgehead atoms. The van der Waals surface area contributed by atoms with Crippen LogP contribution in [0.25, 0.3) is 0 Å². The lowest BCUT2D eigenvalue weighted by molar-refractivity contribution is -0.139. The molecule has 5 heteroatoms. The molecule has 5 nitrogen and oxygen atoms in total. The molecule has 0 amide bonds. The van der Waals surface area contributed by atoms with Gasteiger partial charge in [-0.1, -0.05) is 71.1 Å². The van der Waals surface area contributed by atoms with Crippen LogP contribution >= 0.6 is 0 Å². The van der Waals surface area contributed by atoms with Crippen molar-refractivity contribution in [2.45, 2.75) is 90.0 Å². The Labute approximate surface area is 134 Å². The van der Waals surface area contributed by atoms with Gasteiger partial charge in [-0.05, 0) is 12.3 Å². The van der Waals surface area contributed by atoms with Crippen molar-refractivity contribution in [1.82, 2.24) is 0 Å². The molecule has 0 heterocycles. The van der Waals surface area contributed by atoms with Crippen LogP contribution in [-0.2, 0) is 9.59 Å². The number of carboxylic acids is 2. The highest BCUT2D eigenvalue weighted by Crippen LogP contribution is 2.34. The summed E-state index contributed by atoms with van der Waals surface area (Å²) in [6.07, 6.45) is 14.7. The van der Waals surface area contributed by atoms with Crippen LogP contribution in [0.4, 0.5) is 0 Å². The maximum atomic E-state index is 9.99. The Hall–Kier alpha value is -1.10. The standard InChI is InChI=1S/C12H24.C5H9NO4/c1-2-3-4-5-6-7-8-9-12-10-11-12;6-3(5(9)10)1-2-4(7)8/h12H,2-11H2,1H3;3H,1-2,6H2,(H,7,8)(H,9,10). The summed E-state index contributed by atoms with van der Waals surface area (Å²) in [7, 11) is 0. The SMILES string of the molecule is CCCCCCCCCC1CC1.NC(CCC(=O)O)C(=O)O. The average Bonchev–Trinajstić information content (AvgIpc) is 3.28. The number of hydrogen-bond acceptors (Lipinski definition) is 3. The van der Waals surface area contributed by atoms with Gasteiger partial charge < -0.3 is 15.9 Å². The van der Waals surface area contributed by atoms with Crippen LogP contribution in [0, 0.1) is 5.92 Å². The van der Waals surface area contributed by atoms with Gasteiger partial charge in [0.1, 0.15) is 6.04 Å². The normalized spacial score (nSPS) is 14.8. The van der Waals surface area contributed by atoms with Crippen molar-refractivity contribution >= 4 is 11.9 Å². The molecular formula is C17H33NO4. The summed E-state index contributed by atoms with van der Waals surface area (Å²) in [4.78, 5) is 19.9. The maximum Gasteiger partial charge on any atom is 0.320 e. The van der Waals surface area contributed by atoms with Gasteiger partial charge >= 0.3 is 11.9 Å². The van der Waals surface area contributed by atoms with Gasteiger partial charge in [-0.2, -0.15) is 0 Å². The van der Waals surface area contributed by atoms with Crippen molar-refractivity contribution < 1.29 is 19.8 Å². The molecule has 1 aliphatic rings. The molecule has 1 saturated carbocycles. The quantitative estimate of drug-likeness (QED) is 0.475. The first kappa shape index (κ1) is 20.9. The van der Waals surface area contributed by atoms with Crippen molar-refractivity contribution in [3.05, 3.63) is 0 Å². The molecule has 0 saturated heterocycles. The summed E-state index contributed by atoms with van der Waals surface area (Å²) in [5.74, 6) is -1.04. The van der Waals surface area contributed by atoms with Crippen LogP contribution in [0.5, 0.6) is 0 Å². The monoisotopic (exact) mass is 315 g/mol. The summed E-state index contributed by atoms with van der Waals surface area (Å²) in [5, 5.41) is 16.3. The second-order valence-electron chi connectivity index (χ2n) is 6.23. The van der Waals surface area contributed by atoms with Crippen LogP contribution in [0.3, 0.4) is 0 Å². The summed E-state index contributed by atoms with van der Waals surface area (Å²) in [6.45, 7) is 2.28. The van der Waals surface area contributed by atoms with E-state index in [4.69, 9.17) is 15.9 Å². The van der Waals surface area contributed by atoms with Crippen LogP contribution in [0.2, 0.25) is 0 Å². The van der Waals surface area contributed by atoms with Crippen molar-refractivity contribution in [2.24, 2.45) is 11.7 Å². The molecule has 1 aliphatic carbocycles. The van der Waals surface area contributed by atoms with E-state index in [0.717, 1.165) is 5.92 Å². The molecule has 0 aromatic heterocycles. The summed E-state index contributed by atoms with van der Waals surface area (Å²) in [6, 6.07) is -1.06. The number of rotatable bonds is 12. The van der Waals surface area contributed by atoms with Gasteiger partial charge in [-0.25, -0.2) is 0 Å². The molecule has 1 atom stereocenters. The summed E-state index contributed by atoms with van der Waals surface area (Å²) in [5.41, 5.74) is 5.00. The van der Waals surface area contributed by atoms with Crippen molar-refractivity contribution in [1.29, 1.82) is 0 Å². The van der Waals surface area contributed by atoms with Gasteiger partial charge in [0.15, 0.2) is 0 Å². The fourth-order valence-corrected chi connectivity index (χ4v) is 2.20. The first-order chi connectivity index (χ1) is 10.5. The smallest absolute Gasteiger partial charge is 0.320 e. The molecule has 1 rings (SSSR count). The van der Waals surface area contributed by atoms with Crippen LogP contribution in [0.1, 0.15) is 84.0 Å².